The molecule has 10 heteroatoms. The highest BCUT2D eigenvalue weighted by molar-refractivity contribution is 14.1. The first-order valence-electron chi connectivity index (χ1n) is 9.45. The molecule has 0 amide bonds. The first-order chi connectivity index (χ1) is 14.3. The second kappa shape index (κ2) is 9.22. The molecule has 1 saturated heterocycles. The lowest BCUT2D eigenvalue weighted by Gasteiger charge is -2.37. The van der Waals surface area contributed by atoms with E-state index < -0.39 is 41.5 Å². The van der Waals surface area contributed by atoms with Crippen LogP contribution in [0.25, 0.3) is 0 Å². The Kier molecular flexibility index (Phi) is 7.21. The molecule has 3 rings (SSSR count). The van der Waals surface area contributed by atoms with Crippen molar-refractivity contribution in [2.75, 3.05) is 13.1 Å². The second-order valence-electron chi connectivity index (χ2n) is 7.47. The van der Waals surface area contributed by atoms with Gasteiger partial charge in [-0.05, 0) is 54.8 Å². The monoisotopic (exact) mass is 561 g/mol. The largest absolute Gasteiger partial charge is 0.416 e. The molecule has 1 aliphatic heterocycles. The Balaban J connectivity index is 1.89. The van der Waals surface area contributed by atoms with Gasteiger partial charge in [-0.2, -0.15) is 26.3 Å². The van der Waals surface area contributed by atoms with Crippen LogP contribution in [0.5, 0.6) is 0 Å². The number of nitrogens with zero attached hydrogens (tertiary/aromatic N) is 1. The predicted octanol–water partition coefficient (Wildman–Crippen LogP) is 7.15. The van der Waals surface area contributed by atoms with Crippen molar-refractivity contribution in [3.05, 3.63) is 70.5 Å². The van der Waals surface area contributed by atoms with Crippen molar-refractivity contribution in [3.63, 3.8) is 0 Å². The van der Waals surface area contributed by atoms with Crippen molar-refractivity contribution in [2.24, 2.45) is 0 Å². The fourth-order valence-electron chi connectivity index (χ4n) is 3.64. The number of ether oxygens (including phenoxy) is 1. The van der Waals surface area contributed by atoms with E-state index in [0.29, 0.717) is 31.6 Å². The molecular weight excluding hydrogens is 542 g/mol. The van der Waals surface area contributed by atoms with Crippen molar-refractivity contribution in [3.8, 4) is 0 Å². The number of benzene rings is 2. The van der Waals surface area contributed by atoms with Crippen LogP contribution in [0.4, 0.5) is 30.7 Å². The third kappa shape index (κ3) is 6.10. The van der Waals surface area contributed by atoms with Crippen LogP contribution in [-0.4, -0.2) is 22.3 Å². The van der Waals surface area contributed by atoms with Crippen LogP contribution in [0.2, 0.25) is 0 Å². The standard InChI is InChI=1S/C21H19F7INO/c1-12(14-8-15(20(23,24)25)10-16(9-14)21(26,27)28)31-19-6-7-30(29)11-18(19)13-2-4-17(22)5-3-13/h2-5,8-10,12,18-19H,6-7,11H2,1H3/t12-,18-,19+/m1/s1. The molecule has 0 radical (unpaired) electrons. The Morgan fingerprint density at radius 2 is 1.52 bits per heavy atom. The molecule has 31 heavy (non-hydrogen) atoms. The number of rotatable bonds is 4. The fraction of sp³-hybridized carbons (Fsp3) is 0.429. The quantitative estimate of drug-likeness (QED) is 0.224. The van der Waals surface area contributed by atoms with Gasteiger partial charge in [0.25, 0.3) is 0 Å². The molecule has 0 N–H and O–H groups in total. The van der Waals surface area contributed by atoms with E-state index in [2.05, 4.69) is 22.9 Å². The molecule has 0 bridgehead atoms. The van der Waals surface area contributed by atoms with Gasteiger partial charge < -0.3 is 4.74 Å². The van der Waals surface area contributed by atoms with Gasteiger partial charge in [0, 0.05) is 41.9 Å². The predicted molar refractivity (Wildman–Crippen MR) is 109 cm³/mol. The van der Waals surface area contributed by atoms with E-state index in [1.54, 1.807) is 12.1 Å². The summed E-state index contributed by atoms with van der Waals surface area (Å²) in [5.74, 6) is -0.609. The van der Waals surface area contributed by atoms with Gasteiger partial charge in [-0.15, -0.1) is 0 Å². The van der Waals surface area contributed by atoms with Crippen LogP contribution in [0.1, 0.15) is 47.6 Å². The SMILES string of the molecule is C[C@@H](O[C@H]1CCN(I)C[C@@H]1c1ccc(F)cc1)c1cc(C(F)(F)F)cc(C(F)(F)F)c1. The van der Waals surface area contributed by atoms with Crippen LogP contribution < -0.4 is 0 Å². The molecule has 3 atom stereocenters. The zero-order chi connectivity index (χ0) is 23.0. The Bertz CT molecular complexity index is 866. The van der Waals surface area contributed by atoms with E-state index >= 15 is 0 Å². The van der Waals surface area contributed by atoms with Gasteiger partial charge in [-0.3, -0.25) is 0 Å². The molecule has 1 heterocycles. The molecule has 1 aliphatic rings. The summed E-state index contributed by atoms with van der Waals surface area (Å²) >= 11 is 2.14. The maximum Gasteiger partial charge on any atom is 0.416 e. The number of hydrogen-bond donors (Lipinski definition) is 0. The summed E-state index contributed by atoms with van der Waals surface area (Å²) in [6, 6.07) is 7.34. The summed E-state index contributed by atoms with van der Waals surface area (Å²) in [6.07, 6.45) is -10.8. The first kappa shape index (κ1) is 24.2. The van der Waals surface area contributed by atoms with Crippen molar-refractivity contribution < 1.29 is 35.5 Å². The molecular formula is C21H19F7INO. The van der Waals surface area contributed by atoms with Crippen LogP contribution in [0.15, 0.2) is 42.5 Å². The van der Waals surface area contributed by atoms with E-state index in [4.69, 9.17) is 4.74 Å². The minimum atomic E-state index is -4.92. The topological polar surface area (TPSA) is 12.5 Å². The zero-order valence-electron chi connectivity index (χ0n) is 16.3. The van der Waals surface area contributed by atoms with E-state index in [1.165, 1.54) is 19.1 Å². The molecule has 0 aliphatic carbocycles. The molecule has 2 aromatic rings. The molecule has 0 aromatic heterocycles. The number of alkyl halides is 6. The Labute approximate surface area is 188 Å². The molecule has 2 nitrogen and oxygen atoms in total. The van der Waals surface area contributed by atoms with Gasteiger partial charge in [-0.1, -0.05) is 12.1 Å². The van der Waals surface area contributed by atoms with Gasteiger partial charge >= 0.3 is 12.4 Å². The average molecular weight is 561 g/mol. The summed E-state index contributed by atoms with van der Waals surface area (Å²) in [4.78, 5) is 0. The van der Waals surface area contributed by atoms with E-state index in [-0.39, 0.29) is 17.5 Å². The summed E-state index contributed by atoms with van der Waals surface area (Å²) in [5.41, 5.74) is -2.15. The third-order valence-corrected chi connectivity index (χ3v) is 6.13. The Hall–Kier alpha value is -1.40. The van der Waals surface area contributed by atoms with E-state index in [9.17, 15) is 30.7 Å². The average Bonchev–Trinajstić information content (AvgIpc) is 2.68. The lowest BCUT2D eigenvalue weighted by Crippen LogP contribution is -2.39. The third-order valence-electron chi connectivity index (χ3n) is 5.26. The van der Waals surface area contributed by atoms with Crippen LogP contribution in [-0.2, 0) is 17.1 Å². The summed E-state index contributed by atoms with van der Waals surface area (Å²) < 4.78 is 100. The zero-order valence-corrected chi connectivity index (χ0v) is 18.4. The van der Waals surface area contributed by atoms with Gasteiger partial charge in [0.05, 0.1) is 23.3 Å². The molecule has 1 fully saturated rings. The Morgan fingerprint density at radius 1 is 0.968 bits per heavy atom. The van der Waals surface area contributed by atoms with E-state index in [1.807, 2.05) is 3.11 Å². The fourth-order valence-corrected chi connectivity index (χ4v) is 4.34. The number of piperidine rings is 1. The first-order valence-corrected chi connectivity index (χ1v) is 10.4. The molecule has 170 valence electrons. The smallest absolute Gasteiger partial charge is 0.370 e. The van der Waals surface area contributed by atoms with Crippen LogP contribution in [0.3, 0.4) is 0 Å². The molecule has 0 spiro atoms. The lowest BCUT2D eigenvalue weighted by molar-refractivity contribution is -0.143. The van der Waals surface area contributed by atoms with Crippen molar-refractivity contribution in [2.45, 2.75) is 43.8 Å². The lowest BCUT2D eigenvalue weighted by atomic mass is 9.88. The van der Waals surface area contributed by atoms with Crippen molar-refractivity contribution in [1.82, 2.24) is 3.11 Å². The van der Waals surface area contributed by atoms with Gasteiger partial charge in [-0.25, -0.2) is 7.50 Å². The van der Waals surface area contributed by atoms with Crippen LogP contribution in [0, 0.1) is 5.82 Å². The highest BCUT2D eigenvalue weighted by atomic mass is 127. The highest BCUT2D eigenvalue weighted by Gasteiger charge is 2.38. The summed E-state index contributed by atoms with van der Waals surface area (Å²) in [7, 11) is 0. The Morgan fingerprint density at radius 3 is 2.03 bits per heavy atom. The minimum absolute atomic E-state index is 0.103. The molecule has 0 unspecified atom stereocenters. The van der Waals surface area contributed by atoms with Gasteiger partial charge in [0.1, 0.15) is 5.82 Å². The molecule has 0 saturated carbocycles. The maximum atomic E-state index is 13.3. The van der Waals surface area contributed by atoms with Crippen LogP contribution >= 0.6 is 22.9 Å². The van der Waals surface area contributed by atoms with Gasteiger partial charge in [0.15, 0.2) is 0 Å². The molecule has 2 aromatic carbocycles. The number of hydrogen-bond acceptors (Lipinski definition) is 2. The second-order valence-corrected chi connectivity index (χ2v) is 8.84. The number of halogens is 8. The summed E-state index contributed by atoms with van der Waals surface area (Å²) in [6.45, 7) is 2.64. The highest BCUT2D eigenvalue weighted by Crippen LogP contribution is 2.39. The maximum absolute atomic E-state index is 13.3. The van der Waals surface area contributed by atoms with Gasteiger partial charge in [0.2, 0.25) is 0 Å². The normalized spacial score (nSPS) is 21.8. The van der Waals surface area contributed by atoms with E-state index in [0.717, 1.165) is 5.56 Å². The van der Waals surface area contributed by atoms with Crippen molar-refractivity contribution >= 4 is 22.9 Å². The summed E-state index contributed by atoms with van der Waals surface area (Å²) in [5, 5.41) is 0. The minimum Gasteiger partial charge on any atom is -0.370 e. The van der Waals surface area contributed by atoms with Crippen molar-refractivity contribution in [1.29, 1.82) is 0 Å².